The zero-order valence-electron chi connectivity index (χ0n) is 6.97. The minimum absolute atomic E-state index is 0.241. The largest absolute Gasteiger partial charge is 0.274 e. The summed E-state index contributed by atoms with van der Waals surface area (Å²) in [5.41, 5.74) is -1.64. The van der Waals surface area contributed by atoms with Gasteiger partial charge >= 0.3 is 0 Å². The van der Waals surface area contributed by atoms with Crippen LogP contribution in [0.15, 0.2) is 6.07 Å². The van der Waals surface area contributed by atoms with Gasteiger partial charge in [0.1, 0.15) is 11.8 Å². The van der Waals surface area contributed by atoms with E-state index >= 15 is 0 Å². The van der Waals surface area contributed by atoms with Gasteiger partial charge in [0.2, 0.25) is 0 Å². The van der Waals surface area contributed by atoms with Crippen molar-refractivity contribution in [1.82, 2.24) is 4.98 Å². The number of aromatic nitrogens is 1. The minimum Gasteiger partial charge on any atom is -0.274 e. The Hall–Kier alpha value is -1.25. The standard InChI is InChI=1S/C8H2Cl2F2N2O/c9-4-1-3(8(11)12)6(7(10)15)14-5(4)2-13/h1,8H. The van der Waals surface area contributed by atoms with Gasteiger partial charge < -0.3 is 0 Å². The van der Waals surface area contributed by atoms with E-state index in [9.17, 15) is 13.6 Å². The van der Waals surface area contributed by atoms with E-state index in [4.69, 9.17) is 28.5 Å². The maximum absolute atomic E-state index is 12.4. The molecule has 15 heavy (non-hydrogen) atoms. The van der Waals surface area contributed by atoms with Gasteiger partial charge in [0.25, 0.3) is 11.7 Å². The van der Waals surface area contributed by atoms with Gasteiger partial charge in [0.05, 0.1) is 10.6 Å². The van der Waals surface area contributed by atoms with Crippen molar-refractivity contribution in [1.29, 1.82) is 5.26 Å². The lowest BCUT2D eigenvalue weighted by Gasteiger charge is -2.05. The summed E-state index contributed by atoms with van der Waals surface area (Å²) in [4.78, 5) is 14.1. The number of carbonyl (C=O) groups excluding carboxylic acids is 1. The lowest BCUT2D eigenvalue weighted by atomic mass is 10.2. The van der Waals surface area contributed by atoms with Crippen LogP contribution in [0.1, 0.15) is 28.2 Å². The number of alkyl halides is 2. The predicted molar refractivity (Wildman–Crippen MR) is 49.1 cm³/mol. The molecule has 0 saturated heterocycles. The van der Waals surface area contributed by atoms with Crippen LogP contribution in [0.4, 0.5) is 8.78 Å². The van der Waals surface area contributed by atoms with E-state index in [0.29, 0.717) is 0 Å². The number of carbonyl (C=O) groups is 1. The van der Waals surface area contributed by atoms with Crippen LogP contribution in [-0.4, -0.2) is 10.2 Å². The number of hydrogen-bond acceptors (Lipinski definition) is 3. The summed E-state index contributed by atoms with van der Waals surface area (Å²) >= 11 is 10.5. The molecule has 1 aromatic rings. The van der Waals surface area contributed by atoms with Crippen LogP contribution >= 0.6 is 23.2 Å². The predicted octanol–water partition coefficient (Wildman–Crippen LogP) is 2.92. The summed E-state index contributed by atoms with van der Waals surface area (Å²) in [6.45, 7) is 0. The lowest BCUT2D eigenvalue weighted by molar-refractivity contribution is 0.106. The van der Waals surface area contributed by atoms with Gasteiger partial charge in [0.15, 0.2) is 5.69 Å². The Morgan fingerprint density at radius 2 is 2.20 bits per heavy atom. The molecule has 0 bridgehead atoms. The summed E-state index contributed by atoms with van der Waals surface area (Å²) in [5.74, 6) is 0. The van der Waals surface area contributed by atoms with Crippen molar-refractivity contribution < 1.29 is 13.6 Å². The summed E-state index contributed by atoms with van der Waals surface area (Å²) in [7, 11) is 0. The molecule has 0 unspecified atom stereocenters. The number of nitrogens with zero attached hydrogens (tertiary/aromatic N) is 2. The van der Waals surface area contributed by atoms with Gasteiger partial charge in [-0.15, -0.1) is 0 Å². The smallest absolute Gasteiger partial charge is 0.271 e. The monoisotopic (exact) mass is 250 g/mol. The van der Waals surface area contributed by atoms with Crippen LogP contribution in [0.25, 0.3) is 0 Å². The van der Waals surface area contributed by atoms with Crippen molar-refractivity contribution in [3.05, 3.63) is 28.0 Å². The van der Waals surface area contributed by atoms with E-state index in [1.54, 1.807) is 6.07 Å². The first-order valence-corrected chi connectivity index (χ1v) is 4.31. The molecule has 0 amide bonds. The fourth-order valence-corrected chi connectivity index (χ4v) is 1.26. The molecule has 1 aromatic heterocycles. The fourth-order valence-electron chi connectivity index (χ4n) is 0.905. The maximum atomic E-state index is 12.4. The van der Waals surface area contributed by atoms with Crippen molar-refractivity contribution in [2.75, 3.05) is 0 Å². The summed E-state index contributed by atoms with van der Waals surface area (Å²) in [6, 6.07) is 2.37. The zero-order valence-corrected chi connectivity index (χ0v) is 8.48. The van der Waals surface area contributed by atoms with Crippen LogP contribution in [-0.2, 0) is 0 Å². The highest BCUT2D eigenvalue weighted by molar-refractivity contribution is 6.67. The van der Waals surface area contributed by atoms with Gasteiger partial charge in [-0.25, -0.2) is 13.8 Å². The lowest BCUT2D eigenvalue weighted by Crippen LogP contribution is -2.04. The highest BCUT2D eigenvalue weighted by atomic mass is 35.5. The van der Waals surface area contributed by atoms with E-state index in [2.05, 4.69) is 4.98 Å². The normalized spacial score (nSPS) is 10.1. The average molecular weight is 251 g/mol. The molecule has 0 saturated carbocycles. The fraction of sp³-hybridized carbons (Fsp3) is 0.125. The van der Waals surface area contributed by atoms with Crippen LogP contribution in [0.2, 0.25) is 5.02 Å². The number of nitriles is 1. The third-order valence-electron chi connectivity index (χ3n) is 1.53. The quantitative estimate of drug-likeness (QED) is 0.759. The molecular formula is C8H2Cl2F2N2O. The van der Waals surface area contributed by atoms with Gasteiger partial charge in [-0.05, 0) is 17.7 Å². The number of hydrogen-bond donors (Lipinski definition) is 0. The molecule has 0 spiro atoms. The van der Waals surface area contributed by atoms with Crippen molar-refractivity contribution in [2.24, 2.45) is 0 Å². The maximum Gasteiger partial charge on any atom is 0.271 e. The van der Waals surface area contributed by atoms with Crippen LogP contribution in [0.5, 0.6) is 0 Å². The first kappa shape index (κ1) is 11.8. The highest BCUT2D eigenvalue weighted by Gasteiger charge is 2.21. The minimum atomic E-state index is -2.93. The molecule has 0 aliphatic heterocycles. The van der Waals surface area contributed by atoms with E-state index in [0.717, 1.165) is 6.07 Å². The Bertz CT molecular complexity index is 457. The molecular weight excluding hydrogens is 249 g/mol. The van der Waals surface area contributed by atoms with E-state index in [1.807, 2.05) is 0 Å². The van der Waals surface area contributed by atoms with Gasteiger partial charge in [-0.1, -0.05) is 11.6 Å². The topological polar surface area (TPSA) is 53.8 Å². The molecule has 7 heteroatoms. The molecule has 0 N–H and O–H groups in total. The Morgan fingerprint density at radius 3 is 2.60 bits per heavy atom. The summed E-state index contributed by atoms with van der Waals surface area (Å²) < 4.78 is 24.8. The van der Waals surface area contributed by atoms with Crippen molar-refractivity contribution in [3.63, 3.8) is 0 Å². The molecule has 78 valence electrons. The number of rotatable bonds is 2. The SMILES string of the molecule is N#Cc1nc(C(=O)Cl)c(C(F)F)cc1Cl. The molecule has 0 radical (unpaired) electrons. The Labute approximate surface area is 93.2 Å². The molecule has 3 nitrogen and oxygen atoms in total. The van der Waals surface area contributed by atoms with E-state index in [-0.39, 0.29) is 10.7 Å². The second kappa shape index (κ2) is 4.51. The Balaban J connectivity index is 3.47. The van der Waals surface area contributed by atoms with Crippen molar-refractivity contribution in [2.45, 2.75) is 6.43 Å². The second-order valence-corrected chi connectivity index (χ2v) is 3.19. The first-order valence-electron chi connectivity index (χ1n) is 3.56. The van der Waals surface area contributed by atoms with Gasteiger partial charge in [-0.3, -0.25) is 4.79 Å². The van der Waals surface area contributed by atoms with Crippen LogP contribution < -0.4 is 0 Å². The molecule has 0 fully saturated rings. The van der Waals surface area contributed by atoms with Crippen LogP contribution in [0, 0.1) is 11.3 Å². The van der Waals surface area contributed by atoms with Crippen LogP contribution in [0.3, 0.4) is 0 Å². The van der Waals surface area contributed by atoms with E-state index < -0.39 is 22.9 Å². The van der Waals surface area contributed by atoms with Crippen molar-refractivity contribution >= 4 is 28.4 Å². The summed E-state index contributed by atoms with van der Waals surface area (Å²) in [5, 5.41) is 7.12. The molecule has 1 rings (SSSR count). The Kier molecular flexibility index (Phi) is 3.56. The zero-order chi connectivity index (χ0) is 11.6. The first-order chi connectivity index (χ1) is 6.97. The second-order valence-electron chi connectivity index (χ2n) is 2.44. The van der Waals surface area contributed by atoms with Gasteiger partial charge in [-0.2, -0.15) is 5.26 Å². The molecule has 0 atom stereocenters. The van der Waals surface area contributed by atoms with E-state index in [1.165, 1.54) is 0 Å². The highest BCUT2D eigenvalue weighted by Crippen LogP contribution is 2.27. The summed E-state index contributed by atoms with van der Waals surface area (Å²) in [6.07, 6.45) is -2.93. The Morgan fingerprint density at radius 1 is 1.60 bits per heavy atom. The molecule has 1 heterocycles. The average Bonchev–Trinajstić information content (AvgIpc) is 2.16. The number of halogens is 4. The number of pyridine rings is 1. The molecule has 0 aliphatic carbocycles. The van der Waals surface area contributed by atoms with Gasteiger partial charge in [0, 0.05) is 0 Å². The third-order valence-corrected chi connectivity index (χ3v) is 2.00. The van der Waals surface area contributed by atoms with Crippen molar-refractivity contribution in [3.8, 4) is 6.07 Å². The molecule has 0 aliphatic rings. The third kappa shape index (κ3) is 2.41. The molecule has 0 aromatic carbocycles.